The molecule has 0 aromatic carbocycles. The van der Waals surface area contributed by atoms with Crippen LogP contribution in [0.4, 0.5) is 0 Å². The van der Waals surface area contributed by atoms with Crippen molar-refractivity contribution in [3.63, 3.8) is 0 Å². The van der Waals surface area contributed by atoms with Crippen LogP contribution in [0.5, 0.6) is 0 Å². The quantitative estimate of drug-likeness (QED) is 0.930. The lowest BCUT2D eigenvalue weighted by atomic mass is 9.83. The van der Waals surface area contributed by atoms with Crippen molar-refractivity contribution < 1.29 is 9.59 Å². The maximum absolute atomic E-state index is 13.0. The fourth-order valence-corrected chi connectivity index (χ4v) is 4.03. The molecule has 2 amide bonds. The lowest BCUT2D eigenvalue weighted by Gasteiger charge is -2.50. The molecule has 1 unspecified atom stereocenters. The molecular formula is C15H21N3O2S. The molecule has 1 N–H and O–H groups in total. The summed E-state index contributed by atoms with van der Waals surface area (Å²) in [5.74, 6) is 0.0437. The highest BCUT2D eigenvalue weighted by molar-refractivity contribution is 7.09. The molecule has 1 aromatic rings. The average Bonchev–Trinajstić information content (AvgIpc) is 3.14. The molecule has 1 atom stereocenters. The normalized spacial score (nSPS) is 28.2. The first-order valence-electron chi connectivity index (χ1n) is 7.55. The van der Waals surface area contributed by atoms with E-state index >= 15 is 0 Å². The van der Waals surface area contributed by atoms with Gasteiger partial charge in [0.25, 0.3) is 0 Å². The monoisotopic (exact) mass is 307 g/mol. The molecule has 1 aliphatic heterocycles. The van der Waals surface area contributed by atoms with Crippen molar-refractivity contribution in [1.29, 1.82) is 0 Å². The van der Waals surface area contributed by atoms with Crippen LogP contribution < -0.4 is 5.32 Å². The van der Waals surface area contributed by atoms with Gasteiger partial charge < -0.3 is 10.2 Å². The summed E-state index contributed by atoms with van der Waals surface area (Å²) in [4.78, 5) is 31.9. The Bertz CT molecular complexity index is 551. The van der Waals surface area contributed by atoms with Crippen LogP contribution in [-0.2, 0) is 16.1 Å². The number of thiazole rings is 1. The van der Waals surface area contributed by atoms with Crippen molar-refractivity contribution >= 4 is 23.2 Å². The standard InChI is InChI=1S/C15H21N3O2S/c1-3-14(2)13(20)18(10-11-16-8-9-21-11)15(12(19)17-14)6-4-5-7-15/h8-9H,3-7,10H2,1-2H3,(H,17,19). The summed E-state index contributed by atoms with van der Waals surface area (Å²) in [6.07, 6.45) is 5.86. The predicted octanol–water partition coefficient (Wildman–Crippen LogP) is 2.08. The van der Waals surface area contributed by atoms with Crippen molar-refractivity contribution in [3.8, 4) is 0 Å². The first-order chi connectivity index (χ1) is 10.0. The molecule has 1 spiro atoms. The summed E-state index contributed by atoms with van der Waals surface area (Å²) in [5, 5.41) is 5.79. The molecule has 21 heavy (non-hydrogen) atoms. The average molecular weight is 307 g/mol. The minimum atomic E-state index is -0.790. The molecule has 1 aliphatic carbocycles. The summed E-state index contributed by atoms with van der Waals surface area (Å²) < 4.78 is 0. The first-order valence-corrected chi connectivity index (χ1v) is 8.43. The maximum atomic E-state index is 13.0. The van der Waals surface area contributed by atoms with Gasteiger partial charge in [0, 0.05) is 11.6 Å². The Labute approximate surface area is 128 Å². The highest BCUT2D eigenvalue weighted by atomic mass is 32.1. The lowest BCUT2D eigenvalue weighted by Crippen LogP contribution is -2.73. The summed E-state index contributed by atoms with van der Waals surface area (Å²) in [5.41, 5.74) is -1.44. The Balaban J connectivity index is 1.99. The fraction of sp³-hybridized carbons (Fsp3) is 0.667. The van der Waals surface area contributed by atoms with E-state index in [9.17, 15) is 9.59 Å². The molecule has 1 saturated carbocycles. The van der Waals surface area contributed by atoms with Crippen molar-refractivity contribution in [2.45, 2.75) is 63.6 Å². The third kappa shape index (κ3) is 2.16. The topological polar surface area (TPSA) is 62.3 Å². The van der Waals surface area contributed by atoms with Crippen LogP contribution in [0.3, 0.4) is 0 Å². The van der Waals surface area contributed by atoms with E-state index < -0.39 is 11.1 Å². The first kappa shape index (κ1) is 14.5. The van der Waals surface area contributed by atoms with Gasteiger partial charge >= 0.3 is 0 Å². The third-order valence-corrected chi connectivity index (χ3v) is 5.72. The van der Waals surface area contributed by atoms with E-state index in [4.69, 9.17) is 0 Å². The van der Waals surface area contributed by atoms with Crippen molar-refractivity contribution in [3.05, 3.63) is 16.6 Å². The molecule has 6 heteroatoms. The minimum absolute atomic E-state index is 0.0144. The highest BCUT2D eigenvalue weighted by Gasteiger charge is 2.57. The van der Waals surface area contributed by atoms with E-state index in [0.29, 0.717) is 13.0 Å². The van der Waals surface area contributed by atoms with Gasteiger partial charge in [-0.05, 0) is 26.2 Å². The van der Waals surface area contributed by atoms with Gasteiger partial charge in [-0.1, -0.05) is 19.8 Å². The van der Waals surface area contributed by atoms with Gasteiger partial charge in [0.2, 0.25) is 11.8 Å². The Kier molecular flexibility index (Phi) is 3.51. The fourth-order valence-electron chi connectivity index (χ4n) is 3.42. The summed E-state index contributed by atoms with van der Waals surface area (Å²) in [6.45, 7) is 4.20. The summed E-state index contributed by atoms with van der Waals surface area (Å²) in [6, 6.07) is 0. The van der Waals surface area contributed by atoms with Crippen molar-refractivity contribution in [2.24, 2.45) is 0 Å². The molecule has 2 heterocycles. The van der Waals surface area contributed by atoms with Crippen LogP contribution in [0.15, 0.2) is 11.6 Å². The number of rotatable bonds is 3. The molecule has 114 valence electrons. The van der Waals surface area contributed by atoms with Gasteiger partial charge in [0.1, 0.15) is 16.1 Å². The van der Waals surface area contributed by atoms with Gasteiger partial charge in [-0.15, -0.1) is 11.3 Å². The number of hydrogen-bond acceptors (Lipinski definition) is 4. The number of carbonyl (C=O) groups is 2. The molecule has 1 aromatic heterocycles. The number of hydrogen-bond donors (Lipinski definition) is 1. The van der Waals surface area contributed by atoms with Crippen LogP contribution in [0.25, 0.3) is 0 Å². The number of carbonyl (C=O) groups excluding carboxylic acids is 2. The molecule has 0 radical (unpaired) electrons. The van der Waals surface area contributed by atoms with Crippen molar-refractivity contribution in [1.82, 2.24) is 15.2 Å². The smallest absolute Gasteiger partial charge is 0.249 e. The van der Waals surface area contributed by atoms with Gasteiger partial charge in [-0.25, -0.2) is 4.98 Å². The largest absolute Gasteiger partial charge is 0.340 e. The van der Waals surface area contributed by atoms with Gasteiger partial charge in [0.05, 0.1) is 6.54 Å². The van der Waals surface area contributed by atoms with Crippen molar-refractivity contribution in [2.75, 3.05) is 0 Å². The molecule has 2 aliphatic rings. The van der Waals surface area contributed by atoms with Crippen LogP contribution in [0.1, 0.15) is 51.0 Å². The third-order valence-electron chi connectivity index (χ3n) is 4.96. The van der Waals surface area contributed by atoms with E-state index in [2.05, 4.69) is 10.3 Å². The van der Waals surface area contributed by atoms with Crippen LogP contribution >= 0.6 is 11.3 Å². The Morgan fingerprint density at radius 2 is 2.10 bits per heavy atom. The number of aromatic nitrogens is 1. The van der Waals surface area contributed by atoms with E-state index in [-0.39, 0.29) is 11.8 Å². The number of nitrogens with zero attached hydrogens (tertiary/aromatic N) is 2. The summed E-state index contributed by atoms with van der Waals surface area (Å²) >= 11 is 1.53. The second kappa shape index (κ2) is 5.09. The molecule has 5 nitrogen and oxygen atoms in total. The molecule has 3 rings (SSSR count). The molecule has 1 saturated heterocycles. The highest BCUT2D eigenvalue weighted by Crippen LogP contribution is 2.41. The van der Waals surface area contributed by atoms with E-state index in [1.54, 1.807) is 11.1 Å². The summed E-state index contributed by atoms with van der Waals surface area (Å²) in [7, 11) is 0. The Morgan fingerprint density at radius 3 is 2.67 bits per heavy atom. The zero-order valence-corrected chi connectivity index (χ0v) is 13.3. The predicted molar refractivity (Wildman–Crippen MR) is 80.7 cm³/mol. The van der Waals surface area contributed by atoms with Gasteiger partial charge in [0.15, 0.2) is 0 Å². The number of amides is 2. The Hall–Kier alpha value is -1.43. The molecule has 2 fully saturated rings. The van der Waals surface area contributed by atoms with Gasteiger partial charge in [-0.3, -0.25) is 9.59 Å². The number of nitrogens with one attached hydrogen (secondary N) is 1. The zero-order chi connectivity index (χ0) is 15.1. The van der Waals surface area contributed by atoms with Crippen LogP contribution in [-0.4, -0.2) is 32.8 Å². The number of piperazine rings is 1. The molecular weight excluding hydrogens is 286 g/mol. The molecule has 0 bridgehead atoms. The minimum Gasteiger partial charge on any atom is -0.340 e. The SMILES string of the molecule is CCC1(C)NC(=O)C2(CCCC2)N(Cc2nccs2)C1=O. The second-order valence-corrected chi connectivity index (χ2v) is 7.17. The van der Waals surface area contributed by atoms with E-state index in [1.807, 2.05) is 19.2 Å². The van der Waals surface area contributed by atoms with Crippen LogP contribution in [0, 0.1) is 0 Å². The lowest BCUT2D eigenvalue weighted by molar-refractivity contribution is -0.163. The Morgan fingerprint density at radius 1 is 1.38 bits per heavy atom. The zero-order valence-electron chi connectivity index (χ0n) is 12.5. The van der Waals surface area contributed by atoms with Crippen LogP contribution in [0.2, 0.25) is 0 Å². The van der Waals surface area contributed by atoms with E-state index in [1.165, 1.54) is 11.3 Å². The second-order valence-electron chi connectivity index (χ2n) is 6.20. The van der Waals surface area contributed by atoms with Gasteiger partial charge in [-0.2, -0.15) is 0 Å². The van der Waals surface area contributed by atoms with E-state index in [0.717, 1.165) is 30.7 Å². The maximum Gasteiger partial charge on any atom is 0.249 e.